The normalized spacial score (nSPS) is 10.4. The maximum absolute atomic E-state index is 12.1. The molecule has 0 fully saturated rings. The van der Waals surface area contributed by atoms with E-state index in [1.807, 2.05) is 0 Å². The largest absolute Gasteiger partial charge is 0.466 e. The Labute approximate surface area is 153 Å². The molecule has 128 valence electrons. The third-order valence-electron chi connectivity index (χ3n) is 2.80. The predicted octanol–water partition coefficient (Wildman–Crippen LogP) is 3.88. The van der Waals surface area contributed by atoms with Gasteiger partial charge in [0.15, 0.2) is 4.34 Å². The summed E-state index contributed by atoms with van der Waals surface area (Å²) in [6, 6.07) is 6.80. The van der Waals surface area contributed by atoms with Crippen LogP contribution in [0.15, 0.2) is 28.6 Å². The van der Waals surface area contributed by atoms with Gasteiger partial charge in [0.1, 0.15) is 0 Å². The van der Waals surface area contributed by atoms with Crippen LogP contribution in [0, 0.1) is 0 Å². The summed E-state index contributed by atoms with van der Waals surface area (Å²) < 4.78 is 5.59. The molecule has 1 aromatic heterocycles. The number of aromatic nitrogens is 2. The number of esters is 1. The van der Waals surface area contributed by atoms with Crippen molar-refractivity contribution in [3.05, 3.63) is 34.9 Å². The average molecular weight is 386 g/mol. The zero-order chi connectivity index (χ0) is 17.4. The first-order chi connectivity index (χ1) is 11.6. The standard InChI is InChI=1S/C15H16ClN3O3S2/c1-2-22-12(20)8-5-9-23-15-19-18-14(24-15)17-13(21)10-6-3-4-7-11(10)16/h3-4,6-7H,2,5,8-9H2,1H3,(H,17,18,21). The molecular weight excluding hydrogens is 370 g/mol. The topological polar surface area (TPSA) is 81.2 Å². The molecule has 0 bridgehead atoms. The van der Waals surface area contributed by atoms with Gasteiger partial charge in [-0.05, 0) is 25.5 Å². The molecule has 0 saturated carbocycles. The molecule has 6 nitrogen and oxygen atoms in total. The number of halogens is 1. The molecule has 0 aliphatic heterocycles. The van der Waals surface area contributed by atoms with Crippen LogP contribution in [-0.4, -0.2) is 34.4 Å². The van der Waals surface area contributed by atoms with E-state index in [1.165, 1.54) is 23.1 Å². The van der Waals surface area contributed by atoms with Crippen LogP contribution in [0.2, 0.25) is 5.02 Å². The number of rotatable bonds is 8. The molecule has 9 heteroatoms. The van der Waals surface area contributed by atoms with E-state index in [9.17, 15) is 9.59 Å². The van der Waals surface area contributed by atoms with Crippen molar-refractivity contribution < 1.29 is 14.3 Å². The van der Waals surface area contributed by atoms with Crippen LogP contribution in [0.3, 0.4) is 0 Å². The van der Waals surface area contributed by atoms with Crippen LogP contribution < -0.4 is 5.32 Å². The molecule has 24 heavy (non-hydrogen) atoms. The number of hydrogen-bond donors (Lipinski definition) is 1. The van der Waals surface area contributed by atoms with Crippen LogP contribution in [0.5, 0.6) is 0 Å². The van der Waals surface area contributed by atoms with Crippen LogP contribution in [0.1, 0.15) is 30.1 Å². The van der Waals surface area contributed by atoms with E-state index in [2.05, 4.69) is 15.5 Å². The summed E-state index contributed by atoms with van der Waals surface area (Å²) in [6.45, 7) is 2.18. The first kappa shape index (κ1) is 18.7. The van der Waals surface area contributed by atoms with Crippen molar-refractivity contribution in [3.63, 3.8) is 0 Å². The number of carbonyl (C=O) groups is 2. The lowest BCUT2D eigenvalue weighted by atomic mass is 10.2. The highest BCUT2D eigenvalue weighted by molar-refractivity contribution is 8.01. The second kappa shape index (κ2) is 9.61. The van der Waals surface area contributed by atoms with E-state index in [4.69, 9.17) is 16.3 Å². The molecule has 1 amide bonds. The number of amides is 1. The van der Waals surface area contributed by atoms with Gasteiger partial charge in [-0.25, -0.2) is 0 Å². The van der Waals surface area contributed by atoms with Gasteiger partial charge in [0, 0.05) is 12.2 Å². The highest BCUT2D eigenvalue weighted by Gasteiger charge is 2.13. The first-order valence-electron chi connectivity index (χ1n) is 7.28. The van der Waals surface area contributed by atoms with Crippen molar-refractivity contribution in [1.82, 2.24) is 10.2 Å². The Morgan fingerprint density at radius 1 is 1.33 bits per heavy atom. The maximum atomic E-state index is 12.1. The number of nitrogens with zero attached hydrogens (tertiary/aromatic N) is 2. The molecule has 1 aromatic carbocycles. The van der Waals surface area contributed by atoms with Gasteiger partial charge in [0.05, 0.1) is 17.2 Å². The van der Waals surface area contributed by atoms with Crippen molar-refractivity contribution >= 4 is 51.7 Å². The lowest BCUT2D eigenvalue weighted by Gasteiger charge is -2.02. The van der Waals surface area contributed by atoms with Crippen molar-refractivity contribution in [2.45, 2.75) is 24.1 Å². The second-order valence-electron chi connectivity index (χ2n) is 4.56. The Morgan fingerprint density at radius 3 is 2.88 bits per heavy atom. The van der Waals surface area contributed by atoms with Gasteiger partial charge >= 0.3 is 5.97 Å². The molecular formula is C15H16ClN3O3S2. The summed E-state index contributed by atoms with van der Waals surface area (Å²) in [6.07, 6.45) is 1.08. The number of benzene rings is 1. The van der Waals surface area contributed by atoms with Crippen molar-refractivity contribution in [2.24, 2.45) is 0 Å². The van der Waals surface area contributed by atoms with Crippen LogP contribution in [0.25, 0.3) is 0 Å². The fourth-order valence-corrected chi connectivity index (χ4v) is 3.72. The fraction of sp³-hybridized carbons (Fsp3) is 0.333. The minimum Gasteiger partial charge on any atom is -0.466 e. The van der Waals surface area contributed by atoms with Crippen LogP contribution in [-0.2, 0) is 9.53 Å². The Kier molecular flexibility index (Phi) is 7.48. The molecule has 1 heterocycles. The maximum Gasteiger partial charge on any atom is 0.305 e. The quantitative estimate of drug-likeness (QED) is 0.321. The summed E-state index contributed by atoms with van der Waals surface area (Å²) in [7, 11) is 0. The number of anilines is 1. The number of ether oxygens (including phenoxy) is 1. The fourth-order valence-electron chi connectivity index (χ4n) is 1.74. The smallest absolute Gasteiger partial charge is 0.305 e. The number of hydrogen-bond acceptors (Lipinski definition) is 7. The van der Waals surface area contributed by atoms with Gasteiger partial charge in [0.25, 0.3) is 5.91 Å². The molecule has 2 rings (SSSR count). The molecule has 2 aromatic rings. The van der Waals surface area contributed by atoms with E-state index in [-0.39, 0.29) is 11.9 Å². The Morgan fingerprint density at radius 2 is 2.12 bits per heavy atom. The molecule has 0 aliphatic rings. The molecule has 0 saturated heterocycles. The van der Waals surface area contributed by atoms with Crippen molar-refractivity contribution in [3.8, 4) is 0 Å². The van der Waals surface area contributed by atoms with E-state index < -0.39 is 0 Å². The lowest BCUT2D eigenvalue weighted by molar-refractivity contribution is -0.143. The van der Waals surface area contributed by atoms with E-state index in [1.54, 1.807) is 31.2 Å². The molecule has 0 unspecified atom stereocenters. The van der Waals surface area contributed by atoms with Crippen molar-refractivity contribution in [2.75, 3.05) is 17.7 Å². The molecule has 0 spiro atoms. The van der Waals surface area contributed by atoms with E-state index in [0.717, 1.165) is 10.1 Å². The van der Waals surface area contributed by atoms with E-state index in [0.29, 0.717) is 35.2 Å². The highest BCUT2D eigenvalue weighted by Crippen LogP contribution is 2.27. The Hall–Kier alpha value is -1.64. The summed E-state index contributed by atoms with van der Waals surface area (Å²) in [4.78, 5) is 23.4. The molecule has 0 radical (unpaired) electrons. The summed E-state index contributed by atoms with van der Waals surface area (Å²) in [5.41, 5.74) is 0.387. The number of nitrogens with one attached hydrogen (secondary N) is 1. The van der Waals surface area contributed by atoms with Gasteiger partial charge in [-0.15, -0.1) is 10.2 Å². The Balaban J connectivity index is 1.80. The molecule has 0 atom stereocenters. The third kappa shape index (κ3) is 5.77. The summed E-state index contributed by atoms with van der Waals surface area (Å²) >= 11 is 8.76. The predicted molar refractivity (Wildman–Crippen MR) is 95.9 cm³/mol. The second-order valence-corrected chi connectivity index (χ2v) is 7.29. The van der Waals surface area contributed by atoms with Gasteiger partial charge in [-0.1, -0.05) is 46.8 Å². The zero-order valence-corrected chi connectivity index (χ0v) is 15.3. The van der Waals surface area contributed by atoms with Gasteiger partial charge in [0.2, 0.25) is 5.13 Å². The summed E-state index contributed by atoms with van der Waals surface area (Å²) in [5, 5.41) is 11.4. The zero-order valence-electron chi connectivity index (χ0n) is 13.0. The minimum atomic E-state index is -0.324. The average Bonchev–Trinajstić information content (AvgIpc) is 2.99. The van der Waals surface area contributed by atoms with E-state index >= 15 is 0 Å². The number of carbonyl (C=O) groups excluding carboxylic acids is 2. The van der Waals surface area contributed by atoms with Crippen molar-refractivity contribution in [1.29, 1.82) is 0 Å². The summed E-state index contributed by atoms with van der Waals surface area (Å²) in [5.74, 6) is 0.213. The van der Waals surface area contributed by atoms with Gasteiger partial charge < -0.3 is 4.74 Å². The monoisotopic (exact) mass is 385 g/mol. The number of thioether (sulfide) groups is 1. The highest BCUT2D eigenvalue weighted by atomic mass is 35.5. The lowest BCUT2D eigenvalue weighted by Crippen LogP contribution is -2.12. The first-order valence-corrected chi connectivity index (χ1v) is 9.46. The van der Waals surface area contributed by atoms with Gasteiger partial charge in [-0.2, -0.15) is 0 Å². The third-order valence-corrected chi connectivity index (χ3v) is 5.19. The van der Waals surface area contributed by atoms with Gasteiger partial charge in [-0.3, -0.25) is 14.9 Å². The van der Waals surface area contributed by atoms with Crippen LogP contribution in [0.4, 0.5) is 5.13 Å². The SMILES string of the molecule is CCOC(=O)CCCSc1nnc(NC(=O)c2ccccc2Cl)s1. The van der Waals surface area contributed by atoms with Crippen LogP contribution >= 0.6 is 34.7 Å². The molecule has 0 aliphatic carbocycles. The molecule has 1 N–H and O–H groups in total. The minimum absolute atomic E-state index is 0.192. The Bertz CT molecular complexity index is 709.